The van der Waals surface area contributed by atoms with E-state index in [0.29, 0.717) is 19.0 Å². The first-order chi connectivity index (χ1) is 10.7. The summed E-state index contributed by atoms with van der Waals surface area (Å²) < 4.78 is 5.37. The first-order valence-electron chi connectivity index (χ1n) is 7.92. The minimum Gasteiger partial charge on any atom is -0.378 e. The number of hydrogen-bond acceptors (Lipinski definition) is 6. The van der Waals surface area contributed by atoms with E-state index in [9.17, 15) is 4.79 Å². The molecule has 0 radical (unpaired) electrons. The van der Waals surface area contributed by atoms with Crippen LogP contribution in [-0.2, 0) is 9.53 Å². The number of aryl methyl sites for hydroxylation is 1. The molecule has 0 atom stereocenters. The molecular weight excluding hydrogens is 282 g/mol. The summed E-state index contributed by atoms with van der Waals surface area (Å²) in [4.78, 5) is 22.7. The van der Waals surface area contributed by atoms with E-state index in [2.05, 4.69) is 25.5 Å². The number of hydrogen-bond donors (Lipinski definition) is 2. The van der Waals surface area contributed by atoms with E-state index in [-0.39, 0.29) is 11.8 Å². The third kappa shape index (κ3) is 4.07. The van der Waals surface area contributed by atoms with Crippen LogP contribution < -0.4 is 15.5 Å². The van der Waals surface area contributed by atoms with Crippen molar-refractivity contribution in [3.63, 3.8) is 0 Å². The van der Waals surface area contributed by atoms with Gasteiger partial charge in [0.25, 0.3) is 0 Å². The van der Waals surface area contributed by atoms with Crippen molar-refractivity contribution < 1.29 is 9.53 Å². The number of amides is 1. The Kier molecular flexibility index (Phi) is 4.72. The van der Waals surface area contributed by atoms with Crippen LogP contribution in [0.2, 0.25) is 0 Å². The highest BCUT2D eigenvalue weighted by atomic mass is 16.5. The quantitative estimate of drug-likeness (QED) is 0.748. The number of nitrogens with one attached hydrogen (secondary N) is 2. The molecule has 0 spiro atoms. The molecule has 22 heavy (non-hydrogen) atoms. The average Bonchev–Trinajstić information content (AvgIpc) is 3.37. The molecule has 1 saturated heterocycles. The molecule has 1 amide bonds. The number of anilines is 2. The van der Waals surface area contributed by atoms with Crippen LogP contribution >= 0.6 is 0 Å². The van der Waals surface area contributed by atoms with Gasteiger partial charge in [-0.25, -0.2) is 4.98 Å². The minimum absolute atomic E-state index is 0.168. The molecule has 2 heterocycles. The molecule has 0 bridgehead atoms. The van der Waals surface area contributed by atoms with Gasteiger partial charge in [0.1, 0.15) is 5.82 Å². The molecule has 0 unspecified atom stereocenters. The van der Waals surface area contributed by atoms with Crippen LogP contribution in [0.3, 0.4) is 0 Å². The number of aromatic nitrogens is 2. The highest BCUT2D eigenvalue weighted by molar-refractivity contribution is 5.80. The maximum absolute atomic E-state index is 11.5. The Morgan fingerprint density at radius 1 is 1.32 bits per heavy atom. The lowest BCUT2D eigenvalue weighted by Gasteiger charge is -2.28. The fourth-order valence-electron chi connectivity index (χ4n) is 2.44. The third-order valence-electron chi connectivity index (χ3n) is 3.83. The van der Waals surface area contributed by atoms with Gasteiger partial charge in [-0.3, -0.25) is 4.79 Å². The molecule has 7 heteroatoms. The molecule has 120 valence electrons. The third-order valence-corrected chi connectivity index (χ3v) is 3.83. The first-order valence-corrected chi connectivity index (χ1v) is 7.92. The van der Waals surface area contributed by atoms with Crippen LogP contribution in [0.1, 0.15) is 18.5 Å². The zero-order valence-corrected chi connectivity index (χ0v) is 13.0. The lowest BCUT2D eigenvalue weighted by Crippen LogP contribution is -2.37. The molecule has 2 aliphatic rings. The van der Waals surface area contributed by atoms with Crippen molar-refractivity contribution in [3.8, 4) is 0 Å². The van der Waals surface area contributed by atoms with Crippen LogP contribution in [0.5, 0.6) is 0 Å². The minimum atomic E-state index is 0.168. The zero-order valence-electron chi connectivity index (χ0n) is 13.0. The predicted molar refractivity (Wildman–Crippen MR) is 84.0 cm³/mol. The summed E-state index contributed by atoms with van der Waals surface area (Å²) in [5.41, 5.74) is 0.931. The molecule has 1 aliphatic heterocycles. The van der Waals surface area contributed by atoms with Gasteiger partial charge in [-0.05, 0) is 19.8 Å². The lowest BCUT2D eigenvalue weighted by molar-refractivity contribution is -0.122. The van der Waals surface area contributed by atoms with Gasteiger partial charge in [0.15, 0.2) is 0 Å². The second-order valence-electron chi connectivity index (χ2n) is 5.78. The van der Waals surface area contributed by atoms with E-state index >= 15 is 0 Å². The fourth-order valence-corrected chi connectivity index (χ4v) is 2.44. The maximum atomic E-state index is 11.5. The van der Waals surface area contributed by atoms with Crippen molar-refractivity contribution in [2.45, 2.75) is 19.8 Å². The second kappa shape index (κ2) is 6.91. The van der Waals surface area contributed by atoms with Gasteiger partial charge in [0.05, 0.1) is 13.2 Å². The summed E-state index contributed by atoms with van der Waals surface area (Å²) in [6.07, 6.45) is 2.06. The summed E-state index contributed by atoms with van der Waals surface area (Å²) in [7, 11) is 0. The standard InChI is InChI=1S/C15H23N5O2/c1-11-10-13(20-6-8-22-9-7-20)19-15(18-11)17-5-4-16-14(21)12-2-3-12/h10,12H,2-9H2,1H3,(H,16,21)(H,17,18,19). The smallest absolute Gasteiger partial charge is 0.224 e. The van der Waals surface area contributed by atoms with Gasteiger partial charge in [-0.15, -0.1) is 0 Å². The summed E-state index contributed by atoms with van der Waals surface area (Å²) in [5.74, 6) is 1.96. The number of ether oxygens (including phenoxy) is 1. The molecule has 1 aliphatic carbocycles. The molecule has 1 aromatic rings. The Labute approximate surface area is 130 Å². The van der Waals surface area contributed by atoms with E-state index in [1.165, 1.54) is 0 Å². The summed E-state index contributed by atoms with van der Waals surface area (Å²) in [6, 6.07) is 1.99. The van der Waals surface area contributed by atoms with E-state index in [1.54, 1.807) is 0 Å². The van der Waals surface area contributed by atoms with Crippen LogP contribution in [0.15, 0.2) is 6.07 Å². The topological polar surface area (TPSA) is 79.4 Å². The van der Waals surface area contributed by atoms with Crippen molar-refractivity contribution in [2.75, 3.05) is 49.6 Å². The average molecular weight is 305 g/mol. The van der Waals surface area contributed by atoms with E-state index in [0.717, 1.165) is 50.7 Å². The Morgan fingerprint density at radius 3 is 2.82 bits per heavy atom. The highest BCUT2D eigenvalue weighted by Gasteiger charge is 2.28. The number of rotatable bonds is 6. The Bertz CT molecular complexity index is 527. The number of nitrogens with zero attached hydrogens (tertiary/aromatic N) is 3. The zero-order chi connectivity index (χ0) is 15.4. The van der Waals surface area contributed by atoms with Crippen molar-refractivity contribution in [1.82, 2.24) is 15.3 Å². The summed E-state index contributed by atoms with van der Waals surface area (Å²) >= 11 is 0. The van der Waals surface area contributed by atoms with Gasteiger partial charge >= 0.3 is 0 Å². The number of morpholine rings is 1. The second-order valence-corrected chi connectivity index (χ2v) is 5.78. The molecule has 0 aromatic carbocycles. The Hall–Kier alpha value is -1.89. The SMILES string of the molecule is Cc1cc(N2CCOCC2)nc(NCCNC(=O)C2CC2)n1. The van der Waals surface area contributed by atoms with Gasteiger partial charge < -0.3 is 20.3 Å². The molecule has 1 saturated carbocycles. The molecule has 1 aromatic heterocycles. The maximum Gasteiger partial charge on any atom is 0.224 e. The van der Waals surface area contributed by atoms with E-state index in [1.807, 2.05) is 13.0 Å². The molecule has 7 nitrogen and oxygen atoms in total. The predicted octanol–water partition coefficient (Wildman–Crippen LogP) is 0.560. The van der Waals surface area contributed by atoms with Crippen molar-refractivity contribution >= 4 is 17.7 Å². The lowest BCUT2D eigenvalue weighted by atomic mass is 10.3. The van der Waals surface area contributed by atoms with Gasteiger partial charge in [0.2, 0.25) is 11.9 Å². The Balaban J connectivity index is 1.51. The van der Waals surface area contributed by atoms with Crippen LogP contribution in [-0.4, -0.2) is 55.3 Å². The number of carbonyl (C=O) groups excluding carboxylic acids is 1. The van der Waals surface area contributed by atoms with Crippen molar-refractivity contribution in [2.24, 2.45) is 5.92 Å². The van der Waals surface area contributed by atoms with Gasteiger partial charge in [0, 0.05) is 43.9 Å². The molecule has 2 fully saturated rings. The number of carbonyl (C=O) groups is 1. The largest absolute Gasteiger partial charge is 0.378 e. The first kappa shape index (κ1) is 15.0. The van der Waals surface area contributed by atoms with Crippen LogP contribution in [0.25, 0.3) is 0 Å². The van der Waals surface area contributed by atoms with Crippen molar-refractivity contribution in [3.05, 3.63) is 11.8 Å². The molecule has 3 rings (SSSR count). The summed E-state index contributed by atoms with van der Waals surface area (Å²) in [5, 5.41) is 6.11. The fraction of sp³-hybridized carbons (Fsp3) is 0.667. The highest BCUT2D eigenvalue weighted by Crippen LogP contribution is 2.28. The Morgan fingerprint density at radius 2 is 2.09 bits per heavy atom. The van der Waals surface area contributed by atoms with E-state index < -0.39 is 0 Å². The van der Waals surface area contributed by atoms with Gasteiger partial charge in [-0.1, -0.05) is 0 Å². The molecule has 2 N–H and O–H groups in total. The van der Waals surface area contributed by atoms with E-state index in [4.69, 9.17) is 4.74 Å². The van der Waals surface area contributed by atoms with Crippen molar-refractivity contribution in [1.29, 1.82) is 0 Å². The monoisotopic (exact) mass is 305 g/mol. The van der Waals surface area contributed by atoms with Crippen LogP contribution in [0.4, 0.5) is 11.8 Å². The van der Waals surface area contributed by atoms with Gasteiger partial charge in [-0.2, -0.15) is 4.98 Å². The molecular formula is C15H23N5O2. The normalized spacial score (nSPS) is 18.1. The summed E-state index contributed by atoms with van der Waals surface area (Å²) in [6.45, 7) is 6.37. The van der Waals surface area contributed by atoms with Crippen LogP contribution in [0, 0.1) is 12.8 Å².